The lowest BCUT2D eigenvalue weighted by atomic mass is 9.97. The molecule has 1 rings (SSSR count). The molecule has 0 radical (unpaired) electrons. The summed E-state index contributed by atoms with van der Waals surface area (Å²) in [6, 6.07) is 2.46. The maximum absolute atomic E-state index is 4.58. The number of rotatable bonds is 6. The molecule has 0 amide bonds. The minimum absolute atomic E-state index is 0.403. The molecule has 3 heteroatoms. The summed E-state index contributed by atoms with van der Waals surface area (Å²) >= 11 is 0. The minimum atomic E-state index is 0.403. The van der Waals surface area contributed by atoms with E-state index in [0.717, 1.165) is 36.6 Å². The molecule has 0 saturated heterocycles. The summed E-state index contributed by atoms with van der Waals surface area (Å²) in [5.41, 5.74) is 2.13. The molecule has 0 spiro atoms. The van der Waals surface area contributed by atoms with E-state index in [1.165, 1.54) is 0 Å². The Morgan fingerprint density at radius 2 is 1.76 bits per heavy atom. The predicted octanol–water partition coefficient (Wildman–Crippen LogP) is 2.98. The van der Waals surface area contributed by atoms with Crippen molar-refractivity contribution in [2.24, 2.45) is 0 Å². The molecule has 0 fully saturated rings. The summed E-state index contributed by atoms with van der Waals surface area (Å²) in [7, 11) is 0. The monoisotopic (exact) mass is 235 g/mol. The number of nitrogens with one attached hydrogen (secondary N) is 1. The Labute approximate surface area is 105 Å². The van der Waals surface area contributed by atoms with E-state index < -0.39 is 0 Å². The van der Waals surface area contributed by atoms with Gasteiger partial charge in [0.05, 0.1) is 0 Å². The summed E-state index contributed by atoms with van der Waals surface area (Å²) < 4.78 is 0. The molecular formula is C14H25N3. The third-order valence-electron chi connectivity index (χ3n) is 3.09. The molecular weight excluding hydrogens is 210 g/mol. The Balaban J connectivity index is 2.84. The van der Waals surface area contributed by atoms with Crippen molar-refractivity contribution in [3.63, 3.8) is 0 Å². The predicted molar refractivity (Wildman–Crippen MR) is 72.3 cm³/mol. The smallest absolute Gasteiger partial charge is 0.133 e. The van der Waals surface area contributed by atoms with Crippen molar-refractivity contribution >= 4 is 0 Å². The zero-order chi connectivity index (χ0) is 12.8. The summed E-state index contributed by atoms with van der Waals surface area (Å²) in [5.74, 6) is 1.39. The van der Waals surface area contributed by atoms with Gasteiger partial charge in [-0.25, -0.2) is 9.97 Å². The summed E-state index contributed by atoms with van der Waals surface area (Å²) in [6.07, 6.45) is 2.23. The maximum atomic E-state index is 4.58. The van der Waals surface area contributed by atoms with Crippen LogP contribution in [0.5, 0.6) is 0 Å². The van der Waals surface area contributed by atoms with Crippen LogP contribution < -0.4 is 5.32 Å². The summed E-state index contributed by atoms with van der Waals surface area (Å²) in [5, 5.41) is 3.54. The fourth-order valence-electron chi connectivity index (χ4n) is 2.19. The molecule has 3 nitrogen and oxygen atoms in total. The van der Waals surface area contributed by atoms with Gasteiger partial charge < -0.3 is 5.32 Å². The Kier molecular flexibility index (Phi) is 5.56. The Morgan fingerprint density at radius 1 is 1.18 bits per heavy atom. The highest BCUT2D eigenvalue weighted by Crippen LogP contribution is 2.20. The van der Waals surface area contributed by atoms with E-state index in [-0.39, 0.29) is 0 Å². The van der Waals surface area contributed by atoms with E-state index in [2.05, 4.69) is 36.1 Å². The van der Waals surface area contributed by atoms with Gasteiger partial charge in [-0.15, -0.1) is 0 Å². The van der Waals surface area contributed by atoms with Gasteiger partial charge in [-0.05, 0) is 46.2 Å². The SMILES string of the molecule is CCCNC(C)C(CC)c1nc(C)cc(C)n1. The minimum Gasteiger partial charge on any atom is -0.314 e. The first-order chi connectivity index (χ1) is 8.08. The van der Waals surface area contributed by atoms with Gasteiger partial charge in [0, 0.05) is 23.3 Å². The average Bonchev–Trinajstić information content (AvgIpc) is 2.26. The molecule has 1 heterocycles. The van der Waals surface area contributed by atoms with E-state index in [1.807, 2.05) is 19.9 Å². The zero-order valence-corrected chi connectivity index (χ0v) is 11.7. The number of hydrogen-bond acceptors (Lipinski definition) is 3. The summed E-state index contributed by atoms with van der Waals surface area (Å²) in [4.78, 5) is 9.17. The van der Waals surface area contributed by atoms with Crippen LogP contribution in [0, 0.1) is 13.8 Å². The first-order valence-electron chi connectivity index (χ1n) is 6.64. The molecule has 1 aromatic heterocycles. The highest BCUT2D eigenvalue weighted by molar-refractivity contribution is 5.12. The summed E-state index contributed by atoms with van der Waals surface area (Å²) in [6.45, 7) is 11.8. The van der Waals surface area contributed by atoms with Crippen LogP contribution in [0.4, 0.5) is 0 Å². The molecule has 2 atom stereocenters. The fraction of sp³-hybridized carbons (Fsp3) is 0.714. The zero-order valence-electron chi connectivity index (χ0n) is 11.7. The van der Waals surface area contributed by atoms with Crippen LogP contribution in [0.2, 0.25) is 0 Å². The number of hydrogen-bond donors (Lipinski definition) is 1. The maximum Gasteiger partial charge on any atom is 0.133 e. The Morgan fingerprint density at radius 3 is 2.24 bits per heavy atom. The van der Waals surface area contributed by atoms with E-state index in [4.69, 9.17) is 0 Å². The molecule has 2 unspecified atom stereocenters. The average molecular weight is 235 g/mol. The topological polar surface area (TPSA) is 37.8 Å². The van der Waals surface area contributed by atoms with Gasteiger partial charge in [0.15, 0.2) is 0 Å². The van der Waals surface area contributed by atoms with Gasteiger partial charge in [0.1, 0.15) is 5.82 Å². The van der Waals surface area contributed by atoms with Crippen molar-refractivity contribution in [1.82, 2.24) is 15.3 Å². The quantitative estimate of drug-likeness (QED) is 0.823. The molecule has 0 aliphatic carbocycles. The van der Waals surface area contributed by atoms with Crippen LogP contribution >= 0.6 is 0 Å². The van der Waals surface area contributed by atoms with Crippen molar-refractivity contribution in [3.05, 3.63) is 23.3 Å². The van der Waals surface area contributed by atoms with Gasteiger partial charge in [0.25, 0.3) is 0 Å². The second kappa shape index (κ2) is 6.70. The van der Waals surface area contributed by atoms with Crippen molar-refractivity contribution in [2.45, 2.75) is 59.4 Å². The van der Waals surface area contributed by atoms with Gasteiger partial charge in [-0.2, -0.15) is 0 Å². The number of aromatic nitrogens is 2. The second-order valence-corrected chi connectivity index (χ2v) is 4.77. The fourth-order valence-corrected chi connectivity index (χ4v) is 2.19. The van der Waals surface area contributed by atoms with Gasteiger partial charge >= 0.3 is 0 Å². The number of nitrogens with zero attached hydrogens (tertiary/aromatic N) is 2. The molecule has 0 saturated carbocycles. The van der Waals surface area contributed by atoms with E-state index >= 15 is 0 Å². The van der Waals surface area contributed by atoms with Crippen LogP contribution in [0.3, 0.4) is 0 Å². The van der Waals surface area contributed by atoms with Crippen molar-refractivity contribution in [2.75, 3.05) is 6.54 Å². The highest BCUT2D eigenvalue weighted by Gasteiger charge is 2.20. The molecule has 1 N–H and O–H groups in total. The van der Waals surface area contributed by atoms with Gasteiger partial charge in [-0.1, -0.05) is 13.8 Å². The van der Waals surface area contributed by atoms with Crippen LogP contribution in [-0.4, -0.2) is 22.6 Å². The lowest BCUT2D eigenvalue weighted by molar-refractivity contribution is 0.434. The van der Waals surface area contributed by atoms with Gasteiger partial charge in [-0.3, -0.25) is 0 Å². The van der Waals surface area contributed by atoms with Crippen LogP contribution in [0.15, 0.2) is 6.07 Å². The molecule has 0 aliphatic heterocycles. The standard InChI is InChI=1S/C14H25N3/c1-6-8-15-12(5)13(7-2)14-16-10(3)9-11(4)17-14/h9,12-13,15H,6-8H2,1-5H3. The Bertz CT molecular complexity index is 329. The van der Waals surface area contributed by atoms with Crippen molar-refractivity contribution in [1.29, 1.82) is 0 Å². The van der Waals surface area contributed by atoms with E-state index in [0.29, 0.717) is 12.0 Å². The molecule has 96 valence electrons. The van der Waals surface area contributed by atoms with Crippen LogP contribution in [0.1, 0.15) is 56.7 Å². The normalized spacial score (nSPS) is 14.6. The molecule has 17 heavy (non-hydrogen) atoms. The third kappa shape index (κ3) is 4.08. The van der Waals surface area contributed by atoms with E-state index in [9.17, 15) is 0 Å². The lowest BCUT2D eigenvalue weighted by Crippen LogP contribution is -2.33. The lowest BCUT2D eigenvalue weighted by Gasteiger charge is -2.23. The first kappa shape index (κ1) is 14.1. The largest absolute Gasteiger partial charge is 0.314 e. The van der Waals surface area contributed by atoms with Crippen molar-refractivity contribution in [3.8, 4) is 0 Å². The first-order valence-corrected chi connectivity index (χ1v) is 6.64. The third-order valence-corrected chi connectivity index (χ3v) is 3.09. The second-order valence-electron chi connectivity index (χ2n) is 4.77. The Hall–Kier alpha value is -0.960. The van der Waals surface area contributed by atoms with Crippen molar-refractivity contribution < 1.29 is 0 Å². The van der Waals surface area contributed by atoms with Gasteiger partial charge in [0.2, 0.25) is 0 Å². The highest BCUT2D eigenvalue weighted by atomic mass is 15.0. The molecule has 0 bridgehead atoms. The molecule has 0 aliphatic rings. The molecule has 0 aromatic carbocycles. The van der Waals surface area contributed by atoms with Crippen LogP contribution in [0.25, 0.3) is 0 Å². The number of aryl methyl sites for hydroxylation is 2. The van der Waals surface area contributed by atoms with Crippen LogP contribution in [-0.2, 0) is 0 Å². The molecule has 1 aromatic rings. The van der Waals surface area contributed by atoms with E-state index in [1.54, 1.807) is 0 Å².